The van der Waals surface area contributed by atoms with Crippen LogP contribution in [-0.2, 0) is 16.1 Å². The van der Waals surface area contributed by atoms with E-state index >= 15 is 0 Å². The lowest BCUT2D eigenvalue weighted by Gasteiger charge is -2.26. The number of nitrogens with zero attached hydrogens (tertiary/aromatic N) is 3. The van der Waals surface area contributed by atoms with Crippen molar-refractivity contribution in [1.29, 1.82) is 0 Å². The molecule has 1 aromatic heterocycles. The lowest BCUT2D eigenvalue weighted by atomic mass is 10.1. The number of methoxy groups -OCH3 is 1. The van der Waals surface area contributed by atoms with Gasteiger partial charge in [0.2, 0.25) is 0 Å². The molecule has 5 nitrogen and oxygen atoms in total. The van der Waals surface area contributed by atoms with Crippen molar-refractivity contribution in [1.82, 2.24) is 14.8 Å². The van der Waals surface area contributed by atoms with Crippen molar-refractivity contribution in [2.24, 2.45) is 0 Å². The summed E-state index contributed by atoms with van der Waals surface area (Å²) in [5.74, 6) is 0.0551. The Balaban J connectivity index is 1.61. The lowest BCUT2D eigenvalue weighted by molar-refractivity contribution is -0.142. The molecule has 1 aliphatic rings. The Morgan fingerprint density at radius 1 is 1.08 bits per heavy atom. The van der Waals surface area contributed by atoms with E-state index in [1.54, 1.807) is 7.11 Å². The molecule has 1 aromatic carbocycles. The van der Waals surface area contributed by atoms with E-state index in [1.165, 1.54) is 5.56 Å². The van der Waals surface area contributed by atoms with E-state index in [4.69, 9.17) is 4.74 Å². The Morgan fingerprint density at radius 2 is 1.84 bits per heavy atom. The third kappa shape index (κ3) is 4.65. The normalized spacial score (nSPS) is 17.1. The highest BCUT2D eigenvalue weighted by Gasteiger charge is 2.27. The van der Waals surface area contributed by atoms with E-state index < -0.39 is 6.10 Å². The summed E-state index contributed by atoms with van der Waals surface area (Å²) in [6.45, 7) is 4.28. The molecule has 132 valence electrons. The number of benzene rings is 1. The standard InChI is InChI=1S/C20H25N3O2/c1-25-19(18-6-3-2-4-7-18)20(24)23-13-5-12-22(14-15-23)16-17-8-10-21-11-9-17/h2-4,6-11,19H,5,12-16H2,1H3/t19-/m1/s1. The van der Waals surface area contributed by atoms with Gasteiger partial charge in [-0.3, -0.25) is 14.7 Å². The molecule has 1 saturated heterocycles. The quantitative estimate of drug-likeness (QED) is 0.840. The number of rotatable bonds is 5. The predicted molar refractivity (Wildman–Crippen MR) is 96.9 cm³/mol. The van der Waals surface area contributed by atoms with Crippen LogP contribution in [-0.4, -0.2) is 54.0 Å². The first-order valence-corrected chi connectivity index (χ1v) is 8.75. The van der Waals surface area contributed by atoms with Crippen molar-refractivity contribution in [2.75, 3.05) is 33.3 Å². The van der Waals surface area contributed by atoms with Crippen LogP contribution in [0.5, 0.6) is 0 Å². The molecule has 0 spiro atoms. The fourth-order valence-corrected chi connectivity index (χ4v) is 3.27. The monoisotopic (exact) mass is 339 g/mol. The Labute approximate surface area is 149 Å². The summed E-state index contributed by atoms with van der Waals surface area (Å²) in [4.78, 5) is 21.3. The van der Waals surface area contributed by atoms with Crippen LogP contribution in [0.4, 0.5) is 0 Å². The molecule has 3 rings (SSSR count). The number of amides is 1. The first kappa shape index (κ1) is 17.6. The highest BCUT2D eigenvalue weighted by molar-refractivity contribution is 5.82. The van der Waals surface area contributed by atoms with Crippen LogP contribution in [0.1, 0.15) is 23.7 Å². The van der Waals surface area contributed by atoms with Crippen LogP contribution in [0.15, 0.2) is 54.9 Å². The summed E-state index contributed by atoms with van der Waals surface area (Å²) in [5, 5.41) is 0. The summed E-state index contributed by atoms with van der Waals surface area (Å²) < 4.78 is 5.50. The van der Waals surface area contributed by atoms with E-state index in [0.29, 0.717) is 0 Å². The molecule has 1 amide bonds. The van der Waals surface area contributed by atoms with Gasteiger partial charge in [-0.15, -0.1) is 0 Å². The summed E-state index contributed by atoms with van der Waals surface area (Å²) >= 11 is 0. The maximum atomic E-state index is 12.9. The molecule has 1 aliphatic heterocycles. The van der Waals surface area contributed by atoms with Gasteiger partial charge in [-0.1, -0.05) is 30.3 Å². The molecule has 0 bridgehead atoms. The van der Waals surface area contributed by atoms with Gasteiger partial charge in [0.1, 0.15) is 0 Å². The van der Waals surface area contributed by atoms with Crippen molar-refractivity contribution in [3.05, 3.63) is 66.0 Å². The van der Waals surface area contributed by atoms with Crippen molar-refractivity contribution >= 4 is 5.91 Å². The van der Waals surface area contributed by atoms with Gasteiger partial charge in [-0.2, -0.15) is 0 Å². The van der Waals surface area contributed by atoms with Gasteiger partial charge in [-0.05, 0) is 29.7 Å². The molecule has 0 unspecified atom stereocenters. The first-order valence-electron chi connectivity index (χ1n) is 8.75. The second kappa shape index (κ2) is 8.74. The summed E-state index contributed by atoms with van der Waals surface area (Å²) in [5.41, 5.74) is 2.17. The summed E-state index contributed by atoms with van der Waals surface area (Å²) in [6, 6.07) is 13.8. The molecule has 0 aliphatic carbocycles. The zero-order valence-electron chi connectivity index (χ0n) is 14.7. The number of carbonyl (C=O) groups excluding carboxylic acids is 1. The zero-order valence-corrected chi connectivity index (χ0v) is 14.7. The third-order valence-corrected chi connectivity index (χ3v) is 4.62. The molecule has 1 fully saturated rings. The molecule has 0 N–H and O–H groups in total. The van der Waals surface area contributed by atoms with Crippen molar-refractivity contribution < 1.29 is 9.53 Å². The van der Waals surface area contributed by atoms with Gasteiger partial charge in [-0.25, -0.2) is 0 Å². The maximum absolute atomic E-state index is 12.9. The molecule has 0 saturated carbocycles. The summed E-state index contributed by atoms with van der Waals surface area (Å²) in [7, 11) is 1.60. The number of pyridine rings is 1. The zero-order chi connectivity index (χ0) is 17.5. The van der Waals surface area contributed by atoms with Gasteiger partial charge in [0.25, 0.3) is 5.91 Å². The number of ether oxygens (including phenoxy) is 1. The van der Waals surface area contributed by atoms with Crippen LogP contribution in [0, 0.1) is 0 Å². The molecule has 2 aromatic rings. The second-order valence-corrected chi connectivity index (χ2v) is 6.34. The second-order valence-electron chi connectivity index (χ2n) is 6.34. The Kier molecular flexibility index (Phi) is 6.14. The molecule has 25 heavy (non-hydrogen) atoms. The fourth-order valence-electron chi connectivity index (χ4n) is 3.27. The van der Waals surface area contributed by atoms with E-state index in [9.17, 15) is 4.79 Å². The largest absolute Gasteiger partial charge is 0.367 e. The fraction of sp³-hybridized carbons (Fsp3) is 0.400. The minimum atomic E-state index is -0.520. The smallest absolute Gasteiger partial charge is 0.256 e. The SMILES string of the molecule is CO[C@@H](C(=O)N1CCCN(Cc2ccncc2)CC1)c1ccccc1. The van der Waals surface area contributed by atoms with Crippen molar-refractivity contribution in [3.63, 3.8) is 0 Å². The van der Waals surface area contributed by atoms with Gasteiger partial charge < -0.3 is 9.64 Å². The average molecular weight is 339 g/mol. The Hall–Kier alpha value is -2.24. The number of carbonyl (C=O) groups is 1. The van der Waals surface area contributed by atoms with Gasteiger partial charge in [0.05, 0.1) is 0 Å². The molecule has 0 radical (unpaired) electrons. The molecular formula is C20H25N3O2. The van der Waals surface area contributed by atoms with Crippen LogP contribution in [0.2, 0.25) is 0 Å². The van der Waals surface area contributed by atoms with Crippen LogP contribution in [0.25, 0.3) is 0 Å². The highest BCUT2D eigenvalue weighted by Crippen LogP contribution is 2.20. The average Bonchev–Trinajstić information content (AvgIpc) is 2.90. The molecule has 5 heteroatoms. The molecule has 1 atom stereocenters. The Bertz CT molecular complexity index is 663. The third-order valence-electron chi connectivity index (χ3n) is 4.62. The van der Waals surface area contributed by atoms with Crippen LogP contribution >= 0.6 is 0 Å². The topological polar surface area (TPSA) is 45.7 Å². The number of hydrogen-bond donors (Lipinski definition) is 0. The predicted octanol–water partition coefficient (Wildman–Crippen LogP) is 2.50. The van der Waals surface area contributed by atoms with Gasteiger partial charge in [0, 0.05) is 52.2 Å². The van der Waals surface area contributed by atoms with Crippen molar-refractivity contribution in [2.45, 2.75) is 19.1 Å². The van der Waals surface area contributed by atoms with Crippen LogP contribution in [0.3, 0.4) is 0 Å². The highest BCUT2D eigenvalue weighted by atomic mass is 16.5. The van der Waals surface area contributed by atoms with Gasteiger partial charge >= 0.3 is 0 Å². The molecular weight excluding hydrogens is 314 g/mol. The maximum Gasteiger partial charge on any atom is 0.256 e. The molecule has 2 heterocycles. The van der Waals surface area contributed by atoms with E-state index in [2.05, 4.69) is 9.88 Å². The first-order chi connectivity index (χ1) is 12.3. The number of hydrogen-bond acceptors (Lipinski definition) is 4. The van der Waals surface area contributed by atoms with E-state index in [1.807, 2.05) is 59.8 Å². The van der Waals surface area contributed by atoms with Crippen LogP contribution < -0.4 is 0 Å². The number of aromatic nitrogens is 1. The summed E-state index contributed by atoms with van der Waals surface area (Å²) in [6.07, 6.45) is 4.10. The minimum Gasteiger partial charge on any atom is -0.367 e. The van der Waals surface area contributed by atoms with E-state index in [0.717, 1.165) is 44.7 Å². The Morgan fingerprint density at radius 3 is 2.56 bits per heavy atom. The lowest BCUT2D eigenvalue weighted by Crippen LogP contribution is -2.38. The van der Waals surface area contributed by atoms with Crippen molar-refractivity contribution in [3.8, 4) is 0 Å². The minimum absolute atomic E-state index is 0.0551. The van der Waals surface area contributed by atoms with E-state index in [-0.39, 0.29) is 5.91 Å². The van der Waals surface area contributed by atoms with Gasteiger partial charge in [0.15, 0.2) is 6.10 Å².